The molecule has 1 aromatic carbocycles. The van der Waals surface area contributed by atoms with E-state index in [9.17, 15) is 9.59 Å². The quantitative estimate of drug-likeness (QED) is 0.763. The van der Waals surface area contributed by atoms with E-state index in [4.69, 9.17) is 0 Å². The lowest BCUT2D eigenvalue weighted by Crippen LogP contribution is -2.50. The van der Waals surface area contributed by atoms with Gasteiger partial charge in [0, 0.05) is 31.4 Å². The predicted octanol–water partition coefficient (Wildman–Crippen LogP) is 0.962. The predicted molar refractivity (Wildman–Crippen MR) is 73.7 cm³/mol. The maximum Gasteiger partial charge on any atom is 0.296 e. The summed E-state index contributed by atoms with van der Waals surface area (Å²) in [6.07, 6.45) is 0. The molecule has 5 heteroatoms. The smallest absolute Gasteiger partial charge is 0.296 e. The number of likely N-dealkylation sites (N-methyl/N-ethyl adjacent to an activating group) is 1. The normalized spacial score (nSPS) is 23.5. The summed E-state index contributed by atoms with van der Waals surface area (Å²) < 4.78 is 0. The van der Waals surface area contributed by atoms with Crippen molar-refractivity contribution in [3.8, 4) is 0 Å². The van der Waals surface area contributed by atoms with Gasteiger partial charge in [-0.3, -0.25) is 9.59 Å². The van der Waals surface area contributed by atoms with Crippen molar-refractivity contribution in [2.45, 2.75) is 13.0 Å². The van der Waals surface area contributed by atoms with Crippen LogP contribution < -0.4 is 10.2 Å². The molecule has 1 unspecified atom stereocenters. The summed E-state index contributed by atoms with van der Waals surface area (Å²) in [6.45, 7) is 5.18. The Morgan fingerprint density at radius 3 is 2.79 bits per heavy atom. The van der Waals surface area contributed by atoms with Crippen LogP contribution >= 0.6 is 0 Å². The average molecular weight is 259 g/mol. The highest BCUT2D eigenvalue weighted by atomic mass is 16.2. The first kappa shape index (κ1) is 12.2. The van der Waals surface area contributed by atoms with Gasteiger partial charge in [-0.15, -0.1) is 0 Å². The molecule has 1 amide bonds. The van der Waals surface area contributed by atoms with Gasteiger partial charge in [-0.1, -0.05) is 0 Å². The molecule has 1 fully saturated rings. The fourth-order valence-electron chi connectivity index (χ4n) is 2.84. The summed E-state index contributed by atoms with van der Waals surface area (Å²) in [4.78, 5) is 27.5. The number of benzene rings is 1. The molecule has 2 aliphatic rings. The van der Waals surface area contributed by atoms with Crippen LogP contribution in [-0.2, 0) is 4.79 Å². The lowest BCUT2D eigenvalue weighted by atomic mass is 10.1. The molecule has 1 N–H and O–H groups in total. The Balaban J connectivity index is 1.90. The molecule has 0 saturated carbocycles. The standard InChI is InChI=1S/C14H17N3O2/c1-9-8-16(2)5-6-17(9)10-3-4-11-12(7-10)15-14(19)13(11)18/h3-4,7,9H,5-6,8H2,1-2H3,(H,15,18,19). The third kappa shape index (κ3) is 2.00. The molecule has 0 spiro atoms. The molecule has 3 rings (SSSR count). The highest BCUT2D eigenvalue weighted by molar-refractivity contribution is 6.51. The molecule has 100 valence electrons. The van der Waals surface area contributed by atoms with Crippen LogP contribution in [0.4, 0.5) is 11.4 Å². The van der Waals surface area contributed by atoms with Crippen LogP contribution in [0.5, 0.6) is 0 Å². The van der Waals surface area contributed by atoms with E-state index in [1.807, 2.05) is 12.1 Å². The third-order valence-electron chi connectivity index (χ3n) is 3.86. The largest absolute Gasteiger partial charge is 0.366 e. The van der Waals surface area contributed by atoms with Crippen LogP contribution in [0.2, 0.25) is 0 Å². The van der Waals surface area contributed by atoms with Gasteiger partial charge in [-0.2, -0.15) is 0 Å². The van der Waals surface area contributed by atoms with Gasteiger partial charge in [0.15, 0.2) is 0 Å². The highest BCUT2D eigenvalue weighted by Crippen LogP contribution is 2.29. The molecule has 1 saturated heterocycles. The molecule has 0 radical (unpaired) electrons. The fourth-order valence-corrected chi connectivity index (χ4v) is 2.84. The number of hydrogen-bond acceptors (Lipinski definition) is 4. The number of rotatable bonds is 1. The van der Waals surface area contributed by atoms with Gasteiger partial charge in [0.2, 0.25) is 0 Å². The molecule has 0 aromatic heterocycles. The zero-order valence-corrected chi connectivity index (χ0v) is 11.1. The van der Waals surface area contributed by atoms with Crippen molar-refractivity contribution in [3.63, 3.8) is 0 Å². The molecule has 0 bridgehead atoms. The Morgan fingerprint density at radius 1 is 1.26 bits per heavy atom. The number of nitrogens with zero attached hydrogens (tertiary/aromatic N) is 2. The minimum Gasteiger partial charge on any atom is -0.366 e. The van der Waals surface area contributed by atoms with Crippen molar-refractivity contribution in [1.82, 2.24) is 4.90 Å². The number of anilines is 2. The molecule has 2 aliphatic heterocycles. The van der Waals surface area contributed by atoms with Gasteiger partial charge in [-0.25, -0.2) is 0 Å². The van der Waals surface area contributed by atoms with Gasteiger partial charge in [-0.05, 0) is 32.2 Å². The molecular formula is C14H17N3O2. The zero-order chi connectivity index (χ0) is 13.6. The van der Waals surface area contributed by atoms with E-state index in [0.29, 0.717) is 17.3 Å². The Labute approximate surface area is 112 Å². The lowest BCUT2D eigenvalue weighted by Gasteiger charge is -2.39. The van der Waals surface area contributed by atoms with E-state index in [1.165, 1.54) is 0 Å². The molecule has 2 heterocycles. The Bertz CT molecular complexity index is 556. The average Bonchev–Trinajstić information content (AvgIpc) is 2.64. The summed E-state index contributed by atoms with van der Waals surface area (Å²) >= 11 is 0. The number of Topliss-reactive ketones (excluding diaryl/α,β-unsaturated/α-hetero) is 1. The number of nitrogens with one attached hydrogen (secondary N) is 1. The Morgan fingerprint density at radius 2 is 2.05 bits per heavy atom. The molecule has 19 heavy (non-hydrogen) atoms. The summed E-state index contributed by atoms with van der Waals surface area (Å²) in [5, 5.41) is 2.62. The number of hydrogen-bond donors (Lipinski definition) is 1. The van der Waals surface area contributed by atoms with Crippen LogP contribution in [-0.4, -0.2) is 49.3 Å². The van der Waals surface area contributed by atoms with Crippen LogP contribution in [0.25, 0.3) is 0 Å². The number of carbonyl (C=O) groups is 2. The monoisotopic (exact) mass is 259 g/mol. The summed E-state index contributed by atoms with van der Waals surface area (Å²) in [5.41, 5.74) is 2.18. The topological polar surface area (TPSA) is 52.6 Å². The van der Waals surface area contributed by atoms with Crippen molar-refractivity contribution in [3.05, 3.63) is 23.8 Å². The second-order valence-corrected chi connectivity index (χ2v) is 5.32. The van der Waals surface area contributed by atoms with Crippen molar-refractivity contribution in [2.75, 3.05) is 36.9 Å². The van der Waals surface area contributed by atoms with Crippen molar-refractivity contribution >= 4 is 23.1 Å². The third-order valence-corrected chi connectivity index (χ3v) is 3.86. The van der Waals surface area contributed by atoms with Crippen LogP contribution in [0.15, 0.2) is 18.2 Å². The van der Waals surface area contributed by atoms with E-state index in [2.05, 4.69) is 29.1 Å². The first-order chi connectivity index (χ1) is 9.06. The van der Waals surface area contributed by atoms with E-state index < -0.39 is 11.7 Å². The second-order valence-electron chi connectivity index (χ2n) is 5.32. The highest BCUT2D eigenvalue weighted by Gasteiger charge is 2.29. The van der Waals surface area contributed by atoms with Gasteiger partial charge < -0.3 is 15.1 Å². The maximum atomic E-state index is 11.6. The first-order valence-electron chi connectivity index (χ1n) is 6.51. The van der Waals surface area contributed by atoms with Crippen LogP contribution in [0, 0.1) is 0 Å². The van der Waals surface area contributed by atoms with E-state index >= 15 is 0 Å². The van der Waals surface area contributed by atoms with Crippen LogP contribution in [0.1, 0.15) is 17.3 Å². The van der Waals surface area contributed by atoms with Crippen molar-refractivity contribution < 1.29 is 9.59 Å². The van der Waals surface area contributed by atoms with E-state index in [0.717, 1.165) is 25.3 Å². The van der Waals surface area contributed by atoms with Gasteiger partial charge in [0.05, 0.1) is 11.3 Å². The number of amides is 1. The van der Waals surface area contributed by atoms with Gasteiger partial charge in [0.25, 0.3) is 11.7 Å². The fraction of sp³-hybridized carbons (Fsp3) is 0.429. The second kappa shape index (κ2) is 4.35. The van der Waals surface area contributed by atoms with Crippen LogP contribution in [0.3, 0.4) is 0 Å². The van der Waals surface area contributed by atoms with E-state index in [1.54, 1.807) is 6.07 Å². The minimum absolute atomic E-state index is 0.421. The van der Waals surface area contributed by atoms with E-state index in [-0.39, 0.29) is 0 Å². The molecule has 5 nitrogen and oxygen atoms in total. The number of carbonyl (C=O) groups excluding carboxylic acids is 2. The summed E-state index contributed by atoms with van der Waals surface area (Å²) in [5.74, 6) is -0.966. The van der Waals surface area contributed by atoms with Crippen molar-refractivity contribution in [2.24, 2.45) is 0 Å². The Hall–Kier alpha value is -1.88. The lowest BCUT2D eigenvalue weighted by molar-refractivity contribution is -0.112. The maximum absolute atomic E-state index is 11.6. The Kier molecular flexibility index (Phi) is 2.78. The molecule has 0 aliphatic carbocycles. The molecular weight excluding hydrogens is 242 g/mol. The first-order valence-corrected chi connectivity index (χ1v) is 6.51. The van der Waals surface area contributed by atoms with Gasteiger partial charge >= 0.3 is 0 Å². The zero-order valence-electron chi connectivity index (χ0n) is 11.1. The summed E-state index contributed by atoms with van der Waals surface area (Å²) in [6, 6.07) is 6.00. The number of piperazine rings is 1. The number of ketones is 1. The molecule has 1 aromatic rings. The minimum atomic E-state index is -0.529. The molecule has 1 atom stereocenters. The summed E-state index contributed by atoms with van der Waals surface area (Å²) in [7, 11) is 2.12. The SMILES string of the molecule is CC1CN(C)CCN1c1ccc2c(c1)NC(=O)C2=O. The number of fused-ring (bicyclic) bond motifs is 1. The van der Waals surface area contributed by atoms with Crippen molar-refractivity contribution in [1.29, 1.82) is 0 Å². The van der Waals surface area contributed by atoms with Gasteiger partial charge in [0.1, 0.15) is 0 Å².